The summed E-state index contributed by atoms with van der Waals surface area (Å²) < 4.78 is 4.77. The lowest BCUT2D eigenvalue weighted by molar-refractivity contribution is 0.168. The summed E-state index contributed by atoms with van der Waals surface area (Å²) >= 11 is 5.49. The van der Waals surface area contributed by atoms with Crippen LogP contribution in [-0.2, 0) is 4.74 Å². The number of alkyl halides is 1. The van der Waals surface area contributed by atoms with Crippen LogP contribution in [0, 0.1) is 0 Å². The largest absolute Gasteiger partial charge is 0.450 e. The molecule has 1 atom stereocenters. The van der Waals surface area contributed by atoms with Crippen LogP contribution in [0.2, 0.25) is 0 Å². The van der Waals surface area contributed by atoms with Gasteiger partial charge in [-0.3, -0.25) is 5.32 Å². The minimum Gasteiger partial charge on any atom is -0.450 e. The van der Waals surface area contributed by atoms with E-state index < -0.39 is 12.2 Å². The fraction of sp³-hybridized carbons (Fsp3) is 0.417. The summed E-state index contributed by atoms with van der Waals surface area (Å²) in [5.41, 5.74) is 1.41. The van der Waals surface area contributed by atoms with Crippen molar-refractivity contribution in [1.82, 2.24) is 0 Å². The normalized spacial score (nSPS) is 11.7. The van der Waals surface area contributed by atoms with E-state index in [0.717, 1.165) is 5.69 Å². The Hall–Kier alpha value is -1.46. The number of halogens is 1. The van der Waals surface area contributed by atoms with E-state index in [1.807, 2.05) is 6.07 Å². The molecule has 0 radical (unpaired) electrons. The third-order valence-corrected chi connectivity index (χ3v) is 2.46. The Morgan fingerprint density at radius 2 is 2.22 bits per heavy atom. The minimum atomic E-state index is -0.603. The first kappa shape index (κ1) is 14.6. The first-order chi connectivity index (χ1) is 8.65. The zero-order valence-electron chi connectivity index (χ0n) is 10.1. The van der Waals surface area contributed by atoms with Crippen LogP contribution in [0.3, 0.4) is 0 Å². The quantitative estimate of drug-likeness (QED) is 0.695. The van der Waals surface area contributed by atoms with E-state index in [2.05, 4.69) is 10.6 Å². The van der Waals surface area contributed by atoms with Gasteiger partial charge in [0.2, 0.25) is 0 Å². The summed E-state index contributed by atoms with van der Waals surface area (Å²) in [6, 6.07) is 7.12. The molecule has 0 aromatic heterocycles. The molecule has 0 aliphatic carbocycles. The van der Waals surface area contributed by atoms with Crippen LogP contribution in [0.5, 0.6) is 0 Å². The van der Waals surface area contributed by atoms with Crippen LogP contribution < -0.4 is 10.6 Å². The van der Waals surface area contributed by atoms with Crippen LogP contribution >= 0.6 is 11.6 Å². The molecular formula is C12H17ClN2O3. The number of carbonyl (C=O) groups is 1. The molecule has 0 bridgehead atoms. The monoisotopic (exact) mass is 272 g/mol. The molecule has 0 aliphatic rings. The zero-order valence-corrected chi connectivity index (χ0v) is 10.9. The second kappa shape index (κ2) is 7.79. The van der Waals surface area contributed by atoms with Crippen molar-refractivity contribution >= 4 is 29.1 Å². The van der Waals surface area contributed by atoms with Gasteiger partial charge < -0.3 is 15.2 Å². The second-order valence-corrected chi connectivity index (χ2v) is 3.92. The molecule has 1 aromatic carbocycles. The van der Waals surface area contributed by atoms with Crippen molar-refractivity contribution < 1.29 is 14.6 Å². The Balaban J connectivity index is 2.53. The Bertz CT molecular complexity index is 387. The number of hydrogen-bond acceptors (Lipinski definition) is 4. The minimum absolute atomic E-state index is 0.174. The molecule has 0 fully saturated rings. The molecule has 1 aromatic rings. The summed E-state index contributed by atoms with van der Waals surface area (Å²) in [7, 11) is 0. The van der Waals surface area contributed by atoms with E-state index in [1.54, 1.807) is 25.1 Å². The van der Waals surface area contributed by atoms with E-state index in [-0.39, 0.29) is 5.88 Å². The molecule has 1 rings (SSSR count). The van der Waals surface area contributed by atoms with Crippen molar-refractivity contribution in [2.45, 2.75) is 13.0 Å². The van der Waals surface area contributed by atoms with E-state index in [1.165, 1.54) is 0 Å². The van der Waals surface area contributed by atoms with Crippen molar-refractivity contribution in [3.8, 4) is 0 Å². The van der Waals surface area contributed by atoms with E-state index in [9.17, 15) is 9.90 Å². The molecule has 6 heteroatoms. The lowest BCUT2D eigenvalue weighted by atomic mass is 10.2. The molecule has 18 heavy (non-hydrogen) atoms. The van der Waals surface area contributed by atoms with Crippen LogP contribution in [0.25, 0.3) is 0 Å². The fourth-order valence-corrected chi connectivity index (χ4v) is 1.39. The smallest absolute Gasteiger partial charge is 0.411 e. The van der Waals surface area contributed by atoms with Crippen molar-refractivity contribution in [1.29, 1.82) is 0 Å². The highest BCUT2D eigenvalue weighted by molar-refractivity contribution is 6.18. The summed E-state index contributed by atoms with van der Waals surface area (Å²) in [4.78, 5) is 11.2. The summed E-state index contributed by atoms with van der Waals surface area (Å²) in [5.74, 6) is 0.174. The molecule has 1 amide bonds. The van der Waals surface area contributed by atoms with Crippen LogP contribution in [0.15, 0.2) is 24.3 Å². The number of nitrogens with one attached hydrogen (secondary N) is 2. The number of aliphatic hydroxyl groups excluding tert-OH is 1. The standard InChI is InChI=1S/C12H17ClN2O3/c1-2-18-12(17)15-10-5-3-4-9(6-10)14-8-11(16)7-13/h3-6,11,14,16H,2,7-8H2,1H3,(H,15,17). The SMILES string of the molecule is CCOC(=O)Nc1cccc(NCC(O)CCl)c1. The third-order valence-electron chi connectivity index (χ3n) is 2.10. The highest BCUT2D eigenvalue weighted by Gasteiger charge is 2.04. The molecule has 5 nitrogen and oxygen atoms in total. The maximum absolute atomic E-state index is 11.2. The van der Waals surface area contributed by atoms with Crippen molar-refractivity contribution in [2.24, 2.45) is 0 Å². The maximum atomic E-state index is 11.2. The van der Waals surface area contributed by atoms with Gasteiger partial charge in [0, 0.05) is 17.9 Å². The maximum Gasteiger partial charge on any atom is 0.411 e. The van der Waals surface area contributed by atoms with Gasteiger partial charge in [0.05, 0.1) is 18.6 Å². The molecule has 0 saturated heterocycles. The van der Waals surface area contributed by atoms with E-state index in [4.69, 9.17) is 16.3 Å². The predicted molar refractivity (Wildman–Crippen MR) is 72.3 cm³/mol. The molecule has 100 valence electrons. The van der Waals surface area contributed by atoms with Crippen LogP contribution in [-0.4, -0.2) is 36.3 Å². The van der Waals surface area contributed by atoms with E-state index in [0.29, 0.717) is 18.8 Å². The van der Waals surface area contributed by atoms with Crippen LogP contribution in [0.1, 0.15) is 6.92 Å². The van der Waals surface area contributed by atoms with Gasteiger partial charge in [-0.15, -0.1) is 11.6 Å². The molecule has 0 heterocycles. The highest BCUT2D eigenvalue weighted by atomic mass is 35.5. The topological polar surface area (TPSA) is 70.6 Å². The van der Waals surface area contributed by atoms with Gasteiger partial charge in [-0.1, -0.05) is 6.07 Å². The van der Waals surface area contributed by atoms with Gasteiger partial charge in [-0.05, 0) is 25.1 Å². The molecule has 0 spiro atoms. The Labute approximate surface area is 111 Å². The number of anilines is 2. The Morgan fingerprint density at radius 3 is 2.89 bits per heavy atom. The first-order valence-corrected chi connectivity index (χ1v) is 6.21. The number of ether oxygens (including phenoxy) is 1. The highest BCUT2D eigenvalue weighted by Crippen LogP contribution is 2.15. The first-order valence-electron chi connectivity index (χ1n) is 5.67. The molecule has 3 N–H and O–H groups in total. The van der Waals surface area contributed by atoms with Gasteiger partial charge in [-0.2, -0.15) is 0 Å². The Kier molecular flexibility index (Phi) is 6.32. The average molecular weight is 273 g/mol. The average Bonchev–Trinajstić information content (AvgIpc) is 2.36. The summed E-state index contributed by atoms with van der Waals surface area (Å²) in [6.45, 7) is 2.42. The third kappa shape index (κ3) is 5.25. The van der Waals surface area contributed by atoms with Crippen LogP contribution in [0.4, 0.5) is 16.2 Å². The fourth-order valence-electron chi connectivity index (χ4n) is 1.28. The molecule has 0 saturated carbocycles. The van der Waals surface area contributed by atoms with Gasteiger partial charge in [0.25, 0.3) is 0 Å². The number of benzene rings is 1. The van der Waals surface area contributed by atoms with Crippen molar-refractivity contribution in [2.75, 3.05) is 29.7 Å². The van der Waals surface area contributed by atoms with Gasteiger partial charge in [0.15, 0.2) is 0 Å². The van der Waals surface area contributed by atoms with Crippen molar-refractivity contribution in [3.63, 3.8) is 0 Å². The van der Waals surface area contributed by atoms with Gasteiger partial charge >= 0.3 is 6.09 Å². The van der Waals surface area contributed by atoms with Gasteiger partial charge in [-0.25, -0.2) is 4.79 Å². The molecule has 0 aliphatic heterocycles. The predicted octanol–water partition coefficient (Wildman–Crippen LogP) is 2.27. The molecule has 1 unspecified atom stereocenters. The number of aliphatic hydroxyl groups is 1. The molecular weight excluding hydrogens is 256 g/mol. The summed E-state index contributed by atoms with van der Waals surface area (Å²) in [6.07, 6.45) is -1.09. The number of hydrogen-bond donors (Lipinski definition) is 3. The van der Waals surface area contributed by atoms with Crippen molar-refractivity contribution in [3.05, 3.63) is 24.3 Å². The van der Waals surface area contributed by atoms with Gasteiger partial charge in [0.1, 0.15) is 0 Å². The lowest BCUT2D eigenvalue weighted by Gasteiger charge is -2.11. The Morgan fingerprint density at radius 1 is 1.50 bits per heavy atom. The lowest BCUT2D eigenvalue weighted by Crippen LogP contribution is -2.20. The second-order valence-electron chi connectivity index (χ2n) is 3.62. The number of rotatable bonds is 6. The number of amides is 1. The number of carbonyl (C=O) groups excluding carboxylic acids is 1. The zero-order chi connectivity index (χ0) is 13.4. The van der Waals surface area contributed by atoms with E-state index >= 15 is 0 Å². The summed E-state index contributed by atoms with van der Waals surface area (Å²) in [5, 5.41) is 14.9.